The van der Waals surface area contributed by atoms with Crippen LogP contribution >= 0.6 is 18.7 Å². The van der Waals surface area contributed by atoms with Crippen molar-refractivity contribution in [3.8, 4) is 5.75 Å². The molecule has 22 heavy (non-hydrogen) atoms. The predicted molar refractivity (Wildman–Crippen MR) is 91.2 cm³/mol. The molecule has 3 nitrogen and oxygen atoms in total. The van der Waals surface area contributed by atoms with Gasteiger partial charge in [0.2, 0.25) is 5.52 Å². The topological polar surface area (TPSA) is 43.4 Å². The lowest BCUT2D eigenvalue weighted by Crippen LogP contribution is -2.20. The van der Waals surface area contributed by atoms with Gasteiger partial charge >= 0.3 is 0 Å². The number of carbonyl (C=O) groups is 1. The van der Waals surface area contributed by atoms with Crippen molar-refractivity contribution in [1.82, 2.24) is 0 Å². The average Bonchev–Trinajstić information content (AvgIpc) is 2.53. The van der Waals surface area contributed by atoms with Gasteiger partial charge in [0.05, 0.1) is 17.7 Å². The number of benzene rings is 2. The molecule has 0 spiro atoms. The molecule has 2 rings (SSSR count). The zero-order valence-corrected chi connectivity index (χ0v) is 14.4. The quantitative estimate of drug-likeness (QED) is 0.750. The highest BCUT2D eigenvalue weighted by Crippen LogP contribution is 2.54. The molecule has 5 heteroatoms. The Morgan fingerprint density at radius 3 is 2.27 bits per heavy atom. The van der Waals surface area contributed by atoms with E-state index in [2.05, 4.69) is 0 Å². The Balaban J connectivity index is 2.66. The van der Waals surface area contributed by atoms with Gasteiger partial charge in [-0.2, -0.15) is 0 Å². The second kappa shape index (κ2) is 6.68. The van der Waals surface area contributed by atoms with E-state index < -0.39 is 12.7 Å². The monoisotopic (exact) mass is 336 g/mol. The van der Waals surface area contributed by atoms with E-state index in [1.807, 2.05) is 6.07 Å². The Bertz CT molecular complexity index is 726. The van der Waals surface area contributed by atoms with Crippen LogP contribution in [0.5, 0.6) is 5.75 Å². The maximum absolute atomic E-state index is 13.6. The fourth-order valence-electron chi connectivity index (χ4n) is 2.35. The summed E-state index contributed by atoms with van der Waals surface area (Å²) in [5, 5.41) is 0.790. The van der Waals surface area contributed by atoms with Gasteiger partial charge in [0.1, 0.15) is 5.75 Å². The fraction of sp³-hybridized carbons (Fsp3) is 0.235. The number of hydrogen-bond donors (Lipinski definition) is 0. The Morgan fingerprint density at radius 1 is 1.09 bits per heavy atom. The lowest BCUT2D eigenvalue weighted by molar-refractivity contribution is 0.107. The van der Waals surface area contributed by atoms with Crippen LogP contribution in [0.4, 0.5) is 0 Å². The lowest BCUT2D eigenvalue weighted by atomic mass is 10.2. The van der Waals surface area contributed by atoms with Crippen LogP contribution < -0.4 is 10.0 Å². The molecule has 0 fully saturated rings. The number of carbonyl (C=O) groups excluding carboxylic acids is 1. The molecule has 2 aromatic rings. The van der Waals surface area contributed by atoms with Crippen molar-refractivity contribution < 1.29 is 14.1 Å². The van der Waals surface area contributed by atoms with Crippen LogP contribution in [0.25, 0.3) is 0 Å². The second-order valence-electron chi connectivity index (χ2n) is 5.21. The lowest BCUT2D eigenvalue weighted by Gasteiger charge is -2.22. The minimum Gasteiger partial charge on any atom is -0.496 e. The van der Waals surface area contributed by atoms with Crippen LogP contribution in [0, 0.1) is 0 Å². The molecule has 0 aromatic heterocycles. The zero-order chi connectivity index (χ0) is 16.3. The summed E-state index contributed by atoms with van der Waals surface area (Å²) in [6, 6.07) is 13.8. The summed E-state index contributed by atoms with van der Waals surface area (Å²) in [4.78, 5) is 13.1. The molecule has 2 aromatic carbocycles. The summed E-state index contributed by atoms with van der Waals surface area (Å²) < 4.78 is 18.8. The summed E-state index contributed by atoms with van der Waals surface area (Å²) in [5.41, 5.74) is -0.605. The molecule has 0 amide bonds. The van der Waals surface area contributed by atoms with E-state index in [-0.39, 0.29) is 16.2 Å². The number of halogens is 1. The van der Waals surface area contributed by atoms with Crippen LogP contribution in [-0.2, 0) is 4.57 Å². The Kier molecular flexibility index (Phi) is 5.10. The van der Waals surface area contributed by atoms with E-state index in [9.17, 15) is 9.36 Å². The number of hydrogen-bond acceptors (Lipinski definition) is 3. The van der Waals surface area contributed by atoms with Crippen LogP contribution in [-0.4, -0.2) is 18.3 Å². The number of methoxy groups -OCH3 is 1. The minimum atomic E-state index is -3.33. The third-order valence-corrected chi connectivity index (χ3v) is 7.24. The standard InChI is InChI=1S/C17H18ClO3P/c1-12(2)22(20,13-8-5-4-6-9-13)17(19)16-14(18)10-7-11-15(16)21-3/h4-12H,1-3H3. The molecule has 0 heterocycles. The van der Waals surface area contributed by atoms with E-state index in [0.29, 0.717) is 11.1 Å². The highest BCUT2D eigenvalue weighted by atomic mass is 35.5. The molecule has 0 saturated carbocycles. The third kappa shape index (κ3) is 2.84. The summed E-state index contributed by atoms with van der Waals surface area (Å²) in [6.45, 7) is 3.57. The summed E-state index contributed by atoms with van der Waals surface area (Å²) in [6.07, 6.45) is 0. The van der Waals surface area contributed by atoms with E-state index >= 15 is 0 Å². The van der Waals surface area contributed by atoms with Crippen LogP contribution in [0.2, 0.25) is 5.02 Å². The number of rotatable bonds is 5. The highest BCUT2D eigenvalue weighted by Gasteiger charge is 2.39. The van der Waals surface area contributed by atoms with Crippen LogP contribution in [0.3, 0.4) is 0 Å². The van der Waals surface area contributed by atoms with Gasteiger partial charge in [-0.05, 0) is 12.1 Å². The largest absolute Gasteiger partial charge is 0.496 e. The molecule has 0 bridgehead atoms. The minimum absolute atomic E-state index is 0.188. The van der Waals surface area contributed by atoms with Crippen molar-refractivity contribution in [3.63, 3.8) is 0 Å². The third-order valence-electron chi connectivity index (χ3n) is 3.58. The fourth-order valence-corrected chi connectivity index (χ4v) is 5.14. The Labute approximate surface area is 135 Å². The summed E-state index contributed by atoms with van der Waals surface area (Å²) in [7, 11) is -1.86. The molecule has 0 aliphatic rings. The Hall–Kier alpha value is -1.57. The van der Waals surface area contributed by atoms with Crippen molar-refractivity contribution in [2.45, 2.75) is 19.5 Å². The Morgan fingerprint density at radius 2 is 1.73 bits per heavy atom. The van der Waals surface area contributed by atoms with Crippen molar-refractivity contribution in [3.05, 3.63) is 59.1 Å². The smallest absolute Gasteiger partial charge is 0.231 e. The molecule has 0 aliphatic heterocycles. The molecular formula is C17H18ClO3P. The van der Waals surface area contributed by atoms with Gasteiger partial charge in [0, 0.05) is 11.0 Å². The van der Waals surface area contributed by atoms with Gasteiger partial charge in [-0.3, -0.25) is 4.79 Å². The van der Waals surface area contributed by atoms with E-state index in [0.717, 1.165) is 0 Å². The van der Waals surface area contributed by atoms with Crippen molar-refractivity contribution in [2.75, 3.05) is 7.11 Å². The van der Waals surface area contributed by atoms with E-state index in [1.54, 1.807) is 56.3 Å². The van der Waals surface area contributed by atoms with Gasteiger partial charge in [0.25, 0.3) is 0 Å². The first-order valence-electron chi connectivity index (χ1n) is 6.95. The zero-order valence-electron chi connectivity index (χ0n) is 12.7. The first kappa shape index (κ1) is 16.8. The molecular weight excluding hydrogens is 319 g/mol. The van der Waals surface area contributed by atoms with Crippen molar-refractivity contribution >= 4 is 29.6 Å². The van der Waals surface area contributed by atoms with Crippen LogP contribution in [0.15, 0.2) is 48.5 Å². The maximum atomic E-state index is 13.6. The number of ether oxygens (including phenoxy) is 1. The van der Waals surface area contributed by atoms with Gasteiger partial charge in [-0.1, -0.05) is 61.8 Å². The maximum Gasteiger partial charge on any atom is 0.231 e. The SMILES string of the molecule is COc1cccc(Cl)c1C(=O)P(=O)(c1ccccc1)C(C)C. The van der Waals surface area contributed by atoms with E-state index in [1.165, 1.54) is 7.11 Å². The second-order valence-corrected chi connectivity index (χ2v) is 8.89. The molecule has 0 radical (unpaired) electrons. The van der Waals surface area contributed by atoms with Gasteiger partial charge in [-0.15, -0.1) is 0 Å². The summed E-state index contributed by atoms with van der Waals surface area (Å²) in [5.74, 6) is 0.342. The van der Waals surface area contributed by atoms with Gasteiger partial charge in [-0.25, -0.2) is 0 Å². The molecule has 1 unspecified atom stereocenters. The molecule has 116 valence electrons. The highest BCUT2D eigenvalue weighted by molar-refractivity contribution is 7.88. The van der Waals surface area contributed by atoms with Crippen molar-refractivity contribution in [1.29, 1.82) is 0 Å². The molecule has 0 saturated heterocycles. The van der Waals surface area contributed by atoms with Gasteiger partial charge < -0.3 is 9.30 Å². The summed E-state index contributed by atoms with van der Waals surface area (Å²) >= 11 is 6.18. The van der Waals surface area contributed by atoms with Crippen LogP contribution in [0.1, 0.15) is 24.2 Å². The first-order valence-corrected chi connectivity index (χ1v) is 9.11. The molecule has 1 atom stereocenters. The predicted octanol–water partition coefficient (Wildman–Crippen LogP) is 4.59. The van der Waals surface area contributed by atoms with Gasteiger partial charge in [0.15, 0.2) is 7.14 Å². The first-order chi connectivity index (χ1) is 10.4. The molecule has 0 N–H and O–H groups in total. The van der Waals surface area contributed by atoms with E-state index in [4.69, 9.17) is 16.3 Å². The van der Waals surface area contributed by atoms with Crippen molar-refractivity contribution in [2.24, 2.45) is 0 Å². The molecule has 0 aliphatic carbocycles. The normalized spacial score (nSPS) is 13.7. The average molecular weight is 337 g/mol.